The summed E-state index contributed by atoms with van der Waals surface area (Å²) < 4.78 is 13.5. The summed E-state index contributed by atoms with van der Waals surface area (Å²) in [6, 6.07) is 26.6. The Morgan fingerprint density at radius 1 is 1.05 bits per heavy atom. The van der Waals surface area contributed by atoms with Gasteiger partial charge < -0.3 is 9.15 Å². The predicted molar refractivity (Wildman–Crippen MR) is 164 cm³/mol. The third kappa shape index (κ3) is 4.65. The summed E-state index contributed by atoms with van der Waals surface area (Å²) in [7, 11) is 0. The van der Waals surface area contributed by atoms with E-state index in [0.717, 1.165) is 40.8 Å². The Labute approximate surface area is 250 Å². The largest absolute Gasteiger partial charge is 0.462 e. The monoisotopic (exact) mass is 592 g/mol. The van der Waals surface area contributed by atoms with E-state index in [1.165, 1.54) is 16.9 Å². The highest BCUT2D eigenvalue weighted by atomic mass is 35.5. The van der Waals surface area contributed by atoms with Crippen LogP contribution in [0.2, 0.25) is 5.02 Å². The average molecular weight is 593 g/mol. The van der Waals surface area contributed by atoms with Crippen LogP contribution in [0.25, 0.3) is 23.1 Å². The molecule has 1 aliphatic carbocycles. The molecule has 3 aromatic carbocycles. The summed E-state index contributed by atoms with van der Waals surface area (Å²) in [6.45, 7) is 2.10. The van der Waals surface area contributed by atoms with Gasteiger partial charge >= 0.3 is 5.97 Å². The molecule has 6 nitrogen and oxygen atoms in total. The fourth-order valence-corrected chi connectivity index (χ4v) is 6.77. The Morgan fingerprint density at radius 2 is 1.83 bits per heavy atom. The van der Waals surface area contributed by atoms with Gasteiger partial charge in [-0.25, -0.2) is 9.79 Å². The van der Waals surface area contributed by atoms with Crippen LogP contribution < -0.4 is 14.9 Å². The first kappa shape index (κ1) is 26.4. The lowest BCUT2D eigenvalue weighted by Gasteiger charge is -2.30. The van der Waals surface area contributed by atoms with Crippen LogP contribution in [0.1, 0.15) is 52.2 Å². The fraction of sp³-hybridized carbons (Fsp3) is 0.147. The second kappa shape index (κ2) is 10.7. The second-order valence-corrected chi connectivity index (χ2v) is 11.6. The first-order chi connectivity index (χ1) is 20.5. The van der Waals surface area contributed by atoms with Gasteiger partial charge in [0, 0.05) is 22.2 Å². The molecular weight excluding hydrogens is 568 g/mol. The van der Waals surface area contributed by atoms with Gasteiger partial charge in [-0.15, -0.1) is 0 Å². The van der Waals surface area contributed by atoms with E-state index < -0.39 is 0 Å². The zero-order valence-corrected chi connectivity index (χ0v) is 24.2. The number of rotatable bonds is 5. The Bertz CT molecular complexity index is 2050. The molecule has 3 heterocycles. The number of thiazole rings is 1. The van der Waals surface area contributed by atoms with Crippen LogP contribution >= 0.6 is 22.9 Å². The van der Waals surface area contributed by atoms with Gasteiger partial charge in [0.05, 0.1) is 28.4 Å². The molecule has 0 spiro atoms. The molecule has 0 unspecified atom stereocenters. The standard InChI is InChI=1S/C34H25ClN2O4S/c1-2-40-33(39)23-9-7-21(8-10-23)28-18-16-25(41-28)19-29-32(38)37-31(22-11-14-24(35)15-12-22)27-17-13-20-5-3-4-6-26(20)30(27)36-34(37)42-29/h3-12,14-16,18-19,31H,2,13,17H2,1H3/b29-19+/t31-/m0/s1. The quantitative estimate of drug-likeness (QED) is 0.221. The zero-order chi connectivity index (χ0) is 28.8. The maximum atomic E-state index is 14.0. The van der Waals surface area contributed by atoms with Crippen LogP contribution in [-0.4, -0.2) is 17.1 Å². The number of aryl methyl sites for hydroxylation is 1. The van der Waals surface area contributed by atoms with E-state index in [9.17, 15) is 9.59 Å². The van der Waals surface area contributed by atoms with Crippen LogP contribution in [0, 0.1) is 0 Å². The van der Waals surface area contributed by atoms with Gasteiger partial charge in [-0.3, -0.25) is 9.36 Å². The summed E-state index contributed by atoms with van der Waals surface area (Å²) in [5, 5.41) is 0.651. The molecule has 0 saturated heterocycles. The molecule has 2 aromatic heterocycles. The molecule has 0 N–H and O–H groups in total. The minimum atomic E-state index is -0.360. The first-order valence-electron chi connectivity index (χ1n) is 13.8. The Morgan fingerprint density at radius 3 is 2.62 bits per heavy atom. The van der Waals surface area contributed by atoms with Crippen molar-refractivity contribution in [3.05, 3.63) is 143 Å². The second-order valence-electron chi connectivity index (χ2n) is 10.2. The highest BCUT2D eigenvalue weighted by Crippen LogP contribution is 2.41. The molecular formula is C34H25ClN2O4S. The molecule has 0 saturated carbocycles. The topological polar surface area (TPSA) is 73.8 Å². The van der Waals surface area contributed by atoms with E-state index in [1.807, 2.05) is 59.2 Å². The van der Waals surface area contributed by atoms with Crippen LogP contribution in [0.3, 0.4) is 0 Å². The van der Waals surface area contributed by atoms with Crippen molar-refractivity contribution < 1.29 is 13.9 Å². The third-order valence-electron chi connectivity index (χ3n) is 7.64. The molecule has 1 atom stereocenters. The molecule has 0 fully saturated rings. The Hall–Kier alpha value is -4.46. The Balaban J connectivity index is 1.31. The van der Waals surface area contributed by atoms with Crippen molar-refractivity contribution >= 4 is 40.7 Å². The van der Waals surface area contributed by atoms with E-state index in [2.05, 4.69) is 18.2 Å². The summed E-state index contributed by atoms with van der Waals surface area (Å²) in [5.41, 5.74) is 6.68. The van der Waals surface area contributed by atoms with Gasteiger partial charge in [0.25, 0.3) is 5.56 Å². The number of esters is 1. The number of benzene rings is 3. The van der Waals surface area contributed by atoms with Crippen molar-refractivity contribution in [2.24, 2.45) is 4.99 Å². The number of carbonyl (C=O) groups is 1. The summed E-state index contributed by atoms with van der Waals surface area (Å²) >= 11 is 7.59. The molecule has 0 bridgehead atoms. The molecule has 42 heavy (non-hydrogen) atoms. The number of aromatic nitrogens is 1. The number of carbonyl (C=O) groups excluding carboxylic acids is 1. The molecule has 5 aromatic rings. The van der Waals surface area contributed by atoms with E-state index in [4.69, 9.17) is 25.7 Å². The van der Waals surface area contributed by atoms with Gasteiger partial charge in [0.2, 0.25) is 0 Å². The lowest BCUT2D eigenvalue weighted by Crippen LogP contribution is -2.38. The lowest BCUT2D eigenvalue weighted by molar-refractivity contribution is 0.0526. The number of hydrogen-bond acceptors (Lipinski definition) is 6. The average Bonchev–Trinajstić information content (AvgIpc) is 3.61. The minimum absolute atomic E-state index is 0.110. The SMILES string of the molecule is CCOC(=O)c1ccc(-c2ccc(/C=c3/sc4n(c3=O)[C@@H](c3ccc(Cl)cc3)C3=C(N=4)c4ccccc4CC3)o2)cc1. The molecule has 0 radical (unpaired) electrons. The van der Waals surface area contributed by atoms with Gasteiger partial charge in [-0.1, -0.05) is 71.5 Å². The van der Waals surface area contributed by atoms with E-state index in [1.54, 1.807) is 25.1 Å². The van der Waals surface area contributed by atoms with Crippen molar-refractivity contribution in [1.29, 1.82) is 0 Å². The number of fused-ring (bicyclic) bond motifs is 3. The van der Waals surface area contributed by atoms with Crippen molar-refractivity contribution in [2.75, 3.05) is 6.61 Å². The van der Waals surface area contributed by atoms with Crippen LogP contribution in [0.4, 0.5) is 0 Å². The molecule has 2 aliphatic rings. The van der Waals surface area contributed by atoms with E-state index >= 15 is 0 Å². The third-order valence-corrected chi connectivity index (χ3v) is 8.87. The maximum Gasteiger partial charge on any atom is 0.338 e. The minimum Gasteiger partial charge on any atom is -0.462 e. The number of furan rings is 1. The predicted octanol–water partition coefficient (Wildman–Crippen LogP) is 6.41. The maximum absolute atomic E-state index is 14.0. The normalized spacial score (nSPS) is 16.0. The van der Waals surface area contributed by atoms with Crippen LogP contribution in [0.15, 0.2) is 105 Å². The van der Waals surface area contributed by atoms with Crippen molar-refractivity contribution in [3.63, 3.8) is 0 Å². The number of halogens is 1. The number of ether oxygens (including phenoxy) is 1. The fourth-order valence-electron chi connectivity index (χ4n) is 5.67. The number of allylic oxidation sites excluding steroid dienone is 1. The molecule has 0 amide bonds. The first-order valence-corrected chi connectivity index (χ1v) is 15.0. The van der Waals surface area contributed by atoms with Gasteiger partial charge in [0.15, 0.2) is 4.80 Å². The summed E-state index contributed by atoms with van der Waals surface area (Å²) in [6.07, 6.45) is 3.49. The molecule has 8 heteroatoms. The summed E-state index contributed by atoms with van der Waals surface area (Å²) in [4.78, 5) is 31.7. The summed E-state index contributed by atoms with van der Waals surface area (Å²) in [5.74, 6) is 0.832. The Kier molecular flexibility index (Phi) is 6.76. The molecule has 7 rings (SSSR count). The van der Waals surface area contributed by atoms with Gasteiger partial charge in [-0.05, 0) is 72.9 Å². The lowest BCUT2D eigenvalue weighted by atomic mass is 9.83. The van der Waals surface area contributed by atoms with Crippen molar-refractivity contribution in [2.45, 2.75) is 25.8 Å². The number of nitrogens with zero attached hydrogens (tertiary/aromatic N) is 2. The van der Waals surface area contributed by atoms with E-state index in [0.29, 0.717) is 38.0 Å². The van der Waals surface area contributed by atoms with Gasteiger partial charge in [0.1, 0.15) is 11.5 Å². The van der Waals surface area contributed by atoms with Crippen LogP contribution in [-0.2, 0) is 11.2 Å². The smallest absolute Gasteiger partial charge is 0.338 e. The van der Waals surface area contributed by atoms with Crippen molar-refractivity contribution in [1.82, 2.24) is 4.57 Å². The highest BCUT2D eigenvalue weighted by molar-refractivity contribution is 7.07. The van der Waals surface area contributed by atoms with E-state index in [-0.39, 0.29) is 17.6 Å². The van der Waals surface area contributed by atoms with Gasteiger partial charge in [-0.2, -0.15) is 0 Å². The van der Waals surface area contributed by atoms with Crippen LogP contribution in [0.5, 0.6) is 0 Å². The zero-order valence-electron chi connectivity index (χ0n) is 22.7. The van der Waals surface area contributed by atoms with Crippen molar-refractivity contribution in [3.8, 4) is 11.3 Å². The number of hydrogen-bond donors (Lipinski definition) is 0. The molecule has 1 aliphatic heterocycles. The highest BCUT2D eigenvalue weighted by Gasteiger charge is 2.32. The molecule has 208 valence electrons.